The van der Waals surface area contributed by atoms with Crippen LogP contribution in [0.2, 0.25) is 0 Å². The molecule has 0 bridgehead atoms. The van der Waals surface area contributed by atoms with Crippen molar-refractivity contribution in [2.24, 2.45) is 0 Å². The molecule has 1 amide bonds. The van der Waals surface area contributed by atoms with E-state index in [2.05, 4.69) is 17.2 Å². The van der Waals surface area contributed by atoms with Gasteiger partial charge in [-0.1, -0.05) is 6.92 Å². The van der Waals surface area contributed by atoms with Crippen molar-refractivity contribution in [2.45, 2.75) is 19.8 Å². The van der Waals surface area contributed by atoms with E-state index in [9.17, 15) is 4.79 Å². The van der Waals surface area contributed by atoms with Gasteiger partial charge in [-0.2, -0.15) is 0 Å². The lowest BCUT2D eigenvalue weighted by molar-refractivity contribution is -0.121. The number of anilines is 1. The molecule has 1 aliphatic rings. The number of carbonyl (C=O) groups is 1. The first kappa shape index (κ1) is 16.9. The third-order valence-corrected chi connectivity index (χ3v) is 4.89. The molecule has 3 rings (SSSR count). The van der Waals surface area contributed by atoms with Crippen LogP contribution in [-0.2, 0) is 11.2 Å². The molecule has 2 heterocycles. The van der Waals surface area contributed by atoms with Gasteiger partial charge in [0, 0.05) is 24.0 Å². The second-order valence-electron chi connectivity index (χ2n) is 6.20. The second-order valence-corrected chi connectivity index (χ2v) is 7.14. The van der Waals surface area contributed by atoms with E-state index in [4.69, 9.17) is 9.72 Å². The van der Waals surface area contributed by atoms with Gasteiger partial charge in [-0.05, 0) is 45.1 Å². The van der Waals surface area contributed by atoms with E-state index >= 15 is 0 Å². The molecule has 0 spiro atoms. The maximum absolute atomic E-state index is 12.3. The molecule has 0 aliphatic carbocycles. The lowest BCUT2D eigenvalue weighted by Crippen LogP contribution is -2.42. The van der Waals surface area contributed by atoms with Crippen LogP contribution in [0.3, 0.4) is 0 Å². The summed E-state index contributed by atoms with van der Waals surface area (Å²) >= 11 is 1.69. The first-order valence-electron chi connectivity index (χ1n) is 8.25. The first-order valence-corrected chi connectivity index (χ1v) is 9.13. The molecule has 0 unspecified atom stereocenters. The van der Waals surface area contributed by atoms with Gasteiger partial charge in [0.1, 0.15) is 5.75 Å². The largest absolute Gasteiger partial charge is 0.482 e. The highest BCUT2D eigenvalue weighted by Crippen LogP contribution is 2.36. The first-order chi connectivity index (χ1) is 11.6. The van der Waals surface area contributed by atoms with Crippen LogP contribution in [0, 0.1) is 0 Å². The van der Waals surface area contributed by atoms with E-state index in [1.165, 1.54) is 0 Å². The zero-order chi connectivity index (χ0) is 17.1. The summed E-state index contributed by atoms with van der Waals surface area (Å²) in [5.41, 5.74) is 2.84. The Balaban J connectivity index is 1.90. The van der Waals surface area contributed by atoms with Gasteiger partial charge < -0.3 is 14.5 Å². The number of likely N-dealkylation sites (N-methyl/N-ethyl adjacent to an activating group) is 1. The topological polar surface area (TPSA) is 45.7 Å². The molecule has 1 aromatic carbocycles. The van der Waals surface area contributed by atoms with Crippen molar-refractivity contribution in [1.82, 2.24) is 9.88 Å². The summed E-state index contributed by atoms with van der Waals surface area (Å²) < 4.78 is 5.58. The molecule has 6 heteroatoms. The smallest absolute Gasteiger partial charge is 0.265 e. The molecule has 0 fully saturated rings. The minimum absolute atomic E-state index is 0.00597. The molecule has 1 aromatic heterocycles. The van der Waals surface area contributed by atoms with Crippen LogP contribution in [0.4, 0.5) is 5.69 Å². The average molecular weight is 345 g/mol. The Morgan fingerprint density at radius 2 is 2.21 bits per heavy atom. The van der Waals surface area contributed by atoms with Gasteiger partial charge in [-0.15, -0.1) is 11.3 Å². The Bertz CT molecular complexity index is 727. The number of thiazole rings is 1. The van der Waals surface area contributed by atoms with E-state index in [1.54, 1.807) is 11.3 Å². The number of hydrogen-bond donors (Lipinski definition) is 0. The Labute approximate surface area is 146 Å². The van der Waals surface area contributed by atoms with Crippen LogP contribution in [0.5, 0.6) is 5.75 Å². The third-order valence-electron chi connectivity index (χ3n) is 3.98. The van der Waals surface area contributed by atoms with E-state index in [0.717, 1.165) is 47.1 Å². The summed E-state index contributed by atoms with van der Waals surface area (Å²) in [5, 5.41) is 3.24. The summed E-state index contributed by atoms with van der Waals surface area (Å²) in [5.74, 6) is 0.771. The van der Waals surface area contributed by atoms with Crippen LogP contribution >= 0.6 is 11.3 Å². The van der Waals surface area contributed by atoms with Crippen molar-refractivity contribution < 1.29 is 9.53 Å². The lowest BCUT2D eigenvalue weighted by Gasteiger charge is -2.30. The van der Waals surface area contributed by atoms with Crippen LogP contribution in [0.1, 0.15) is 18.4 Å². The number of hydrogen-bond acceptors (Lipinski definition) is 5. The van der Waals surface area contributed by atoms with Gasteiger partial charge in [0.2, 0.25) is 0 Å². The fraction of sp³-hybridized carbons (Fsp3) is 0.444. The van der Waals surface area contributed by atoms with Crippen LogP contribution in [-0.4, -0.2) is 49.6 Å². The highest BCUT2D eigenvalue weighted by Gasteiger charge is 2.26. The van der Waals surface area contributed by atoms with E-state index in [0.29, 0.717) is 6.54 Å². The SMILES string of the molecule is CCCc1nc(-c2ccc3c(c2)N(CCN(C)C)C(=O)CO3)cs1. The molecule has 1 aliphatic heterocycles. The third kappa shape index (κ3) is 3.60. The minimum atomic E-state index is 0.00597. The molecule has 0 atom stereocenters. The van der Waals surface area contributed by atoms with Crippen molar-refractivity contribution in [2.75, 3.05) is 38.7 Å². The molecule has 2 aromatic rings. The molecular formula is C18H23N3O2S. The van der Waals surface area contributed by atoms with Gasteiger partial charge >= 0.3 is 0 Å². The lowest BCUT2D eigenvalue weighted by atomic mass is 10.1. The standard InChI is InChI=1S/C18H23N3O2S/c1-4-5-17-19-14(12-24-17)13-6-7-16-15(10-13)21(9-8-20(2)3)18(22)11-23-16/h6-7,10,12H,4-5,8-9,11H2,1-3H3. The number of amides is 1. The second kappa shape index (κ2) is 7.32. The Hall–Kier alpha value is -1.92. The number of carbonyl (C=O) groups excluding carboxylic acids is 1. The van der Waals surface area contributed by atoms with Gasteiger partial charge in [-0.25, -0.2) is 4.98 Å². The molecule has 0 N–H and O–H groups in total. The number of ether oxygens (including phenoxy) is 1. The fourth-order valence-electron chi connectivity index (χ4n) is 2.68. The van der Waals surface area contributed by atoms with Crippen molar-refractivity contribution in [3.8, 4) is 17.0 Å². The minimum Gasteiger partial charge on any atom is -0.482 e. The van der Waals surface area contributed by atoms with Gasteiger partial charge in [0.25, 0.3) is 5.91 Å². The number of aromatic nitrogens is 1. The van der Waals surface area contributed by atoms with E-state index in [-0.39, 0.29) is 12.5 Å². The summed E-state index contributed by atoms with van der Waals surface area (Å²) in [6.07, 6.45) is 2.10. The maximum atomic E-state index is 12.3. The van der Waals surface area contributed by atoms with Gasteiger partial charge in [0.15, 0.2) is 6.61 Å². The quantitative estimate of drug-likeness (QED) is 0.807. The fourth-order valence-corrected chi connectivity index (χ4v) is 3.59. The predicted molar refractivity (Wildman–Crippen MR) is 97.9 cm³/mol. The van der Waals surface area contributed by atoms with Crippen molar-refractivity contribution >= 4 is 22.9 Å². The van der Waals surface area contributed by atoms with Gasteiger partial charge in [0.05, 0.1) is 16.4 Å². The summed E-state index contributed by atoms with van der Waals surface area (Å²) in [6.45, 7) is 3.74. The van der Waals surface area contributed by atoms with Crippen LogP contribution < -0.4 is 9.64 Å². The predicted octanol–water partition coefficient (Wildman–Crippen LogP) is 3.05. The molecule has 128 valence electrons. The van der Waals surface area contributed by atoms with Crippen LogP contribution in [0.25, 0.3) is 11.3 Å². The Kier molecular flexibility index (Phi) is 5.16. The normalized spacial score (nSPS) is 14.0. The average Bonchev–Trinajstić information content (AvgIpc) is 3.02. The summed E-state index contributed by atoms with van der Waals surface area (Å²) in [4.78, 5) is 20.9. The van der Waals surface area contributed by atoms with Crippen molar-refractivity contribution in [1.29, 1.82) is 0 Å². The monoisotopic (exact) mass is 345 g/mol. The van der Waals surface area contributed by atoms with Crippen molar-refractivity contribution in [3.05, 3.63) is 28.6 Å². The Morgan fingerprint density at radius 3 is 2.96 bits per heavy atom. The number of benzene rings is 1. The van der Waals surface area contributed by atoms with Gasteiger partial charge in [-0.3, -0.25) is 4.79 Å². The van der Waals surface area contributed by atoms with Crippen molar-refractivity contribution in [3.63, 3.8) is 0 Å². The van der Waals surface area contributed by atoms with E-state index < -0.39 is 0 Å². The van der Waals surface area contributed by atoms with Crippen LogP contribution in [0.15, 0.2) is 23.6 Å². The number of aryl methyl sites for hydroxylation is 1. The number of fused-ring (bicyclic) bond motifs is 1. The maximum Gasteiger partial charge on any atom is 0.265 e. The molecule has 24 heavy (non-hydrogen) atoms. The summed E-state index contributed by atoms with van der Waals surface area (Å²) in [7, 11) is 4.01. The van der Waals surface area contributed by atoms with E-state index in [1.807, 2.05) is 37.2 Å². The zero-order valence-electron chi connectivity index (χ0n) is 14.4. The summed E-state index contributed by atoms with van der Waals surface area (Å²) in [6, 6.07) is 5.98. The zero-order valence-corrected chi connectivity index (χ0v) is 15.2. The molecule has 0 radical (unpaired) electrons. The highest BCUT2D eigenvalue weighted by molar-refractivity contribution is 7.09. The molecular weight excluding hydrogens is 322 g/mol. The number of rotatable bonds is 6. The Morgan fingerprint density at radius 1 is 1.38 bits per heavy atom. The highest BCUT2D eigenvalue weighted by atomic mass is 32.1. The molecule has 5 nitrogen and oxygen atoms in total. The number of nitrogens with zero attached hydrogens (tertiary/aromatic N) is 3. The molecule has 0 saturated heterocycles. The molecule has 0 saturated carbocycles.